The molecule has 1 N–H and O–H groups in total. The number of amides is 1. The summed E-state index contributed by atoms with van der Waals surface area (Å²) in [5.74, 6) is 1.25. The highest BCUT2D eigenvalue weighted by Gasteiger charge is 2.42. The van der Waals surface area contributed by atoms with Crippen LogP contribution in [0, 0.1) is 13.8 Å². The minimum absolute atomic E-state index is 0.0655. The molecule has 3 aromatic carbocycles. The van der Waals surface area contributed by atoms with Crippen LogP contribution in [0.3, 0.4) is 0 Å². The summed E-state index contributed by atoms with van der Waals surface area (Å²) in [7, 11) is 1.63. The number of ether oxygens (including phenoxy) is 2. The number of fused-ring (bicyclic) bond motifs is 1. The predicted molar refractivity (Wildman–Crippen MR) is 136 cm³/mol. The third kappa shape index (κ3) is 4.16. The van der Waals surface area contributed by atoms with Crippen LogP contribution in [0.15, 0.2) is 66.7 Å². The fourth-order valence-corrected chi connectivity index (χ4v) is 4.66. The van der Waals surface area contributed by atoms with Crippen molar-refractivity contribution in [2.45, 2.75) is 33.4 Å². The number of H-pyrrole nitrogens is 1. The topological polar surface area (TPSA) is 67.5 Å². The van der Waals surface area contributed by atoms with E-state index in [2.05, 4.69) is 72.6 Å². The number of nitrogens with zero attached hydrogens (tertiary/aromatic N) is 2. The molecule has 1 aromatic heterocycles. The van der Waals surface area contributed by atoms with Crippen molar-refractivity contribution >= 4 is 5.91 Å². The zero-order chi connectivity index (χ0) is 24.5. The molecule has 5 rings (SSSR count). The summed E-state index contributed by atoms with van der Waals surface area (Å²) in [6.07, 6.45) is 0. The number of hydrogen-bond acceptors (Lipinski definition) is 4. The van der Waals surface area contributed by atoms with E-state index in [0.717, 1.165) is 27.9 Å². The molecule has 6 nitrogen and oxygen atoms in total. The largest absolute Gasteiger partial charge is 0.493 e. The Hall–Kier alpha value is -4.06. The number of benzene rings is 3. The number of hydrogen-bond donors (Lipinski definition) is 1. The highest BCUT2D eigenvalue weighted by molar-refractivity contribution is 6.00. The van der Waals surface area contributed by atoms with Gasteiger partial charge in [-0.1, -0.05) is 65.7 Å². The highest BCUT2D eigenvalue weighted by atomic mass is 16.5. The van der Waals surface area contributed by atoms with Crippen LogP contribution in [0.4, 0.5) is 0 Å². The summed E-state index contributed by atoms with van der Waals surface area (Å²) in [5, 5.41) is 7.61. The number of aromatic amines is 1. The Kier molecular flexibility index (Phi) is 6.03. The standard InChI is InChI=1S/C29H29N3O3/c1-5-35-23-15-14-22(16-24(23)34-4)28-25-26(21-12-8-19(3)9-13-21)30-31-27(25)29(33)32(28)17-20-10-6-18(2)7-11-20/h6-16,28H,5,17H2,1-4H3,(H,30,31). The maximum atomic E-state index is 13.7. The van der Waals surface area contributed by atoms with E-state index in [-0.39, 0.29) is 11.9 Å². The number of carbonyl (C=O) groups excluding carboxylic acids is 1. The molecule has 1 unspecified atom stereocenters. The summed E-state index contributed by atoms with van der Waals surface area (Å²) in [4.78, 5) is 15.6. The Morgan fingerprint density at radius 2 is 1.63 bits per heavy atom. The maximum Gasteiger partial charge on any atom is 0.273 e. The molecule has 0 saturated heterocycles. The second-order valence-electron chi connectivity index (χ2n) is 8.89. The smallest absolute Gasteiger partial charge is 0.273 e. The van der Waals surface area contributed by atoms with Crippen molar-refractivity contribution in [1.82, 2.24) is 15.1 Å². The fraction of sp³-hybridized carbons (Fsp3) is 0.241. The molecule has 6 heteroatoms. The number of methoxy groups -OCH3 is 1. The summed E-state index contributed by atoms with van der Waals surface area (Å²) >= 11 is 0. The molecular formula is C29H29N3O3. The monoisotopic (exact) mass is 467 g/mol. The van der Waals surface area contributed by atoms with Gasteiger partial charge in [0.1, 0.15) is 5.69 Å². The van der Waals surface area contributed by atoms with E-state index in [9.17, 15) is 4.79 Å². The quantitative estimate of drug-likeness (QED) is 0.370. The fourth-order valence-electron chi connectivity index (χ4n) is 4.66. The highest BCUT2D eigenvalue weighted by Crippen LogP contribution is 2.45. The number of nitrogens with one attached hydrogen (secondary N) is 1. The predicted octanol–water partition coefficient (Wildman–Crippen LogP) is 5.85. The number of aromatic nitrogens is 2. The molecule has 1 atom stereocenters. The molecular weight excluding hydrogens is 438 g/mol. The Morgan fingerprint density at radius 1 is 0.943 bits per heavy atom. The van der Waals surface area contributed by atoms with Crippen LogP contribution in [-0.4, -0.2) is 34.7 Å². The first-order valence-corrected chi connectivity index (χ1v) is 11.8. The Labute approximate surface area is 205 Å². The van der Waals surface area contributed by atoms with Gasteiger partial charge in [-0.2, -0.15) is 5.10 Å². The zero-order valence-electron chi connectivity index (χ0n) is 20.5. The first-order valence-electron chi connectivity index (χ1n) is 11.8. The van der Waals surface area contributed by atoms with Gasteiger partial charge in [0.2, 0.25) is 0 Å². The minimum atomic E-state index is -0.321. The minimum Gasteiger partial charge on any atom is -0.493 e. The van der Waals surface area contributed by atoms with Crippen molar-refractivity contribution in [1.29, 1.82) is 0 Å². The Balaban J connectivity index is 1.64. The molecule has 2 heterocycles. The van der Waals surface area contributed by atoms with Crippen molar-refractivity contribution in [2.24, 2.45) is 0 Å². The van der Waals surface area contributed by atoms with E-state index in [1.165, 1.54) is 11.1 Å². The molecule has 0 spiro atoms. The molecule has 0 radical (unpaired) electrons. The summed E-state index contributed by atoms with van der Waals surface area (Å²) < 4.78 is 11.4. The summed E-state index contributed by atoms with van der Waals surface area (Å²) in [6.45, 7) is 7.08. The Bertz CT molecular complexity index is 1360. The molecule has 0 saturated carbocycles. The lowest BCUT2D eigenvalue weighted by molar-refractivity contribution is 0.0730. The van der Waals surface area contributed by atoms with Gasteiger partial charge in [0.25, 0.3) is 5.91 Å². The molecule has 4 aromatic rings. The van der Waals surface area contributed by atoms with Crippen LogP contribution in [-0.2, 0) is 6.54 Å². The first-order chi connectivity index (χ1) is 17.0. The van der Waals surface area contributed by atoms with Crippen molar-refractivity contribution in [3.63, 3.8) is 0 Å². The zero-order valence-corrected chi connectivity index (χ0v) is 20.5. The van der Waals surface area contributed by atoms with Gasteiger partial charge in [-0.3, -0.25) is 9.89 Å². The van der Waals surface area contributed by atoms with E-state index < -0.39 is 0 Å². The van der Waals surface area contributed by atoms with Gasteiger partial charge in [-0.25, -0.2) is 0 Å². The van der Waals surface area contributed by atoms with E-state index >= 15 is 0 Å². The van der Waals surface area contributed by atoms with Crippen molar-refractivity contribution in [3.05, 3.63) is 100 Å². The van der Waals surface area contributed by atoms with E-state index in [1.54, 1.807) is 7.11 Å². The van der Waals surface area contributed by atoms with Gasteiger partial charge < -0.3 is 14.4 Å². The third-order valence-electron chi connectivity index (χ3n) is 6.47. The average molecular weight is 468 g/mol. The van der Waals surface area contributed by atoms with Crippen molar-refractivity contribution in [3.8, 4) is 22.8 Å². The van der Waals surface area contributed by atoms with Gasteiger partial charge in [-0.05, 0) is 44.0 Å². The van der Waals surface area contributed by atoms with E-state index in [0.29, 0.717) is 30.3 Å². The van der Waals surface area contributed by atoms with Gasteiger partial charge in [0.05, 0.1) is 25.5 Å². The molecule has 0 aliphatic carbocycles. The second kappa shape index (κ2) is 9.29. The first kappa shape index (κ1) is 22.7. The molecule has 178 valence electrons. The lowest BCUT2D eigenvalue weighted by atomic mass is 9.95. The number of aryl methyl sites for hydroxylation is 2. The second-order valence-corrected chi connectivity index (χ2v) is 8.89. The van der Waals surface area contributed by atoms with Crippen LogP contribution in [0.2, 0.25) is 0 Å². The van der Waals surface area contributed by atoms with Crippen LogP contribution < -0.4 is 9.47 Å². The average Bonchev–Trinajstić information content (AvgIpc) is 3.41. The van der Waals surface area contributed by atoms with Crippen molar-refractivity contribution in [2.75, 3.05) is 13.7 Å². The summed E-state index contributed by atoms with van der Waals surface area (Å²) in [6, 6.07) is 22.1. The van der Waals surface area contributed by atoms with Gasteiger partial charge >= 0.3 is 0 Å². The normalized spacial score (nSPS) is 14.8. The van der Waals surface area contributed by atoms with Crippen LogP contribution in [0.1, 0.15) is 51.3 Å². The van der Waals surface area contributed by atoms with Crippen LogP contribution in [0.25, 0.3) is 11.3 Å². The molecule has 0 bridgehead atoms. The lowest BCUT2D eigenvalue weighted by Gasteiger charge is -2.27. The molecule has 0 fully saturated rings. The Morgan fingerprint density at radius 3 is 2.29 bits per heavy atom. The molecule has 1 aliphatic heterocycles. The van der Waals surface area contributed by atoms with Crippen LogP contribution in [0.5, 0.6) is 11.5 Å². The summed E-state index contributed by atoms with van der Waals surface area (Å²) in [5.41, 5.74) is 7.55. The SMILES string of the molecule is CCOc1ccc(C2c3c(-c4ccc(C)cc4)n[nH]c3C(=O)N2Cc2ccc(C)cc2)cc1OC. The molecule has 1 amide bonds. The number of carbonyl (C=O) groups is 1. The lowest BCUT2D eigenvalue weighted by Crippen LogP contribution is -2.29. The van der Waals surface area contributed by atoms with Gasteiger partial charge in [0.15, 0.2) is 11.5 Å². The maximum absolute atomic E-state index is 13.7. The molecule has 35 heavy (non-hydrogen) atoms. The van der Waals surface area contributed by atoms with Crippen LogP contribution >= 0.6 is 0 Å². The number of rotatable bonds is 7. The third-order valence-corrected chi connectivity index (χ3v) is 6.47. The van der Waals surface area contributed by atoms with Gasteiger partial charge in [-0.15, -0.1) is 0 Å². The molecule has 1 aliphatic rings. The van der Waals surface area contributed by atoms with E-state index in [4.69, 9.17) is 9.47 Å². The van der Waals surface area contributed by atoms with Gasteiger partial charge in [0, 0.05) is 17.7 Å². The van der Waals surface area contributed by atoms with Crippen molar-refractivity contribution < 1.29 is 14.3 Å². The van der Waals surface area contributed by atoms with E-state index in [1.807, 2.05) is 30.0 Å².